The first-order valence-electron chi connectivity index (χ1n) is 7.05. The highest BCUT2D eigenvalue weighted by Crippen LogP contribution is 2.41. The maximum absolute atomic E-state index is 6.18. The molecule has 1 unspecified atom stereocenters. The van der Waals surface area contributed by atoms with Gasteiger partial charge in [0.2, 0.25) is 0 Å². The summed E-state index contributed by atoms with van der Waals surface area (Å²) < 4.78 is 6.18. The van der Waals surface area contributed by atoms with Crippen LogP contribution in [0, 0.1) is 11.8 Å². The van der Waals surface area contributed by atoms with E-state index in [2.05, 4.69) is 26.1 Å². The molecule has 94 valence electrons. The number of hydrogen-bond acceptors (Lipinski definition) is 2. The van der Waals surface area contributed by atoms with Gasteiger partial charge in [0.05, 0.1) is 12.2 Å². The lowest BCUT2D eigenvalue weighted by atomic mass is 9.70. The van der Waals surface area contributed by atoms with E-state index in [9.17, 15) is 0 Å². The van der Waals surface area contributed by atoms with Crippen LogP contribution < -0.4 is 5.32 Å². The Morgan fingerprint density at radius 3 is 2.56 bits per heavy atom. The molecule has 2 fully saturated rings. The molecule has 1 spiro atoms. The molecule has 2 aliphatic rings. The van der Waals surface area contributed by atoms with Crippen molar-refractivity contribution < 1.29 is 4.74 Å². The minimum Gasteiger partial charge on any atom is -0.372 e. The van der Waals surface area contributed by atoms with Crippen molar-refractivity contribution in [2.75, 3.05) is 13.2 Å². The molecule has 1 saturated heterocycles. The summed E-state index contributed by atoms with van der Waals surface area (Å²) in [5, 5.41) is 3.65. The van der Waals surface area contributed by atoms with E-state index in [4.69, 9.17) is 4.74 Å². The standard InChI is InChI=1S/C14H27NO/c1-4-13-14(16-10-9-15-13)7-5-12(6-8-14)11(2)3/h11-13,15H,4-10H2,1-3H3. The van der Waals surface area contributed by atoms with Gasteiger partial charge < -0.3 is 10.1 Å². The Labute approximate surface area is 100 Å². The number of ether oxygens (including phenoxy) is 1. The second kappa shape index (κ2) is 5.05. The van der Waals surface area contributed by atoms with Crippen LogP contribution in [0.5, 0.6) is 0 Å². The summed E-state index contributed by atoms with van der Waals surface area (Å²) in [5.41, 5.74) is 0.179. The third-order valence-electron chi connectivity index (χ3n) is 4.75. The van der Waals surface area contributed by atoms with Crippen molar-refractivity contribution in [2.24, 2.45) is 11.8 Å². The molecule has 2 rings (SSSR count). The summed E-state index contributed by atoms with van der Waals surface area (Å²) in [7, 11) is 0. The Balaban J connectivity index is 1.98. The molecule has 2 heteroatoms. The predicted octanol–water partition coefficient (Wildman–Crippen LogP) is 2.97. The third-order valence-corrected chi connectivity index (χ3v) is 4.75. The van der Waals surface area contributed by atoms with Crippen LogP contribution in [-0.2, 0) is 4.74 Å². The highest BCUT2D eigenvalue weighted by Gasteiger charge is 2.43. The highest BCUT2D eigenvalue weighted by atomic mass is 16.5. The first-order chi connectivity index (χ1) is 7.68. The van der Waals surface area contributed by atoms with Crippen molar-refractivity contribution >= 4 is 0 Å². The number of morpholine rings is 1. The molecule has 0 aromatic carbocycles. The van der Waals surface area contributed by atoms with Gasteiger partial charge in [0.25, 0.3) is 0 Å². The fourth-order valence-electron chi connectivity index (χ4n) is 3.58. The van der Waals surface area contributed by atoms with E-state index in [1.807, 2.05) is 0 Å². The molecule has 1 heterocycles. The largest absolute Gasteiger partial charge is 0.372 e. The molecule has 1 atom stereocenters. The van der Waals surface area contributed by atoms with E-state index in [1.54, 1.807) is 0 Å². The third kappa shape index (κ3) is 2.28. The molecule has 16 heavy (non-hydrogen) atoms. The zero-order chi connectivity index (χ0) is 11.6. The van der Waals surface area contributed by atoms with Crippen molar-refractivity contribution in [1.82, 2.24) is 5.32 Å². The van der Waals surface area contributed by atoms with Crippen LogP contribution >= 0.6 is 0 Å². The van der Waals surface area contributed by atoms with Crippen molar-refractivity contribution in [2.45, 2.75) is 64.5 Å². The first kappa shape index (κ1) is 12.4. The van der Waals surface area contributed by atoms with Gasteiger partial charge >= 0.3 is 0 Å². The average molecular weight is 225 g/mol. The van der Waals surface area contributed by atoms with E-state index in [-0.39, 0.29) is 5.60 Å². The zero-order valence-electron chi connectivity index (χ0n) is 11.1. The Morgan fingerprint density at radius 2 is 2.00 bits per heavy atom. The number of rotatable bonds is 2. The normalized spacial score (nSPS) is 40.5. The summed E-state index contributed by atoms with van der Waals surface area (Å²) in [6.45, 7) is 8.94. The van der Waals surface area contributed by atoms with Crippen molar-refractivity contribution in [1.29, 1.82) is 0 Å². The van der Waals surface area contributed by atoms with Crippen LogP contribution in [0.15, 0.2) is 0 Å². The summed E-state index contributed by atoms with van der Waals surface area (Å²) >= 11 is 0. The van der Waals surface area contributed by atoms with Crippen LogP contribution in [-0.4, -0.2) is 24.8 Å². The van der Waals surface area contributed by atoms with Crippen LogP contribution in [0.2, 0.25) is 0 Å². The lowest BCUT2D eigenvalue weighted by Gasteiger charge is -2.48. The predicted molar refractivity (Wildman–Crippen MR) is 67.6 cm³/mol. The zero-order valence-corrected chi connectivity index (χ0v) is 11.1. The van der Waals surface area contributed by atoms with E-state index in [0.717, 1.165) is 25.0 Å². The van der Waals surface area contributed by atoms with Gasteiger partial charge in [-0.25, -0.2) is 0 Å². The summed E-state index contributed by atoms with van der Waals surface area (Å²) in [6, 6.07) is 0.592. The smallest absolute Gasteiger partial charge is 0.0835 e. The van der Waals surface area contributed by atoms with Gasteiger partial charge in [-0.15, -0.1) is 0 Å². The molecule has 0 amide bonds. The topological polar surface area (TPSA) is 21.3 Å². The lowest BCUT2D eigenvalue weighted by molar-refractivity contribution is -0.126. The van der Waals surface area contributed by atoms with Crippen LogP contribution in [0.25, 0.3) is 0 Å². The van der Waals surface area contributed by atoms with Crippen LogP contribution in [0.3, 0.4) is 0 Å². The second-order valence-electron chi connectivity index (χ2n) is 5.91. The van der Waals surface area contributed by atoms with Crippen molar-refractivity contribution in [3.63, 3.8) is 0 Å². The van der Waals surface area contributed by atoms with Gasteiger partial charge in [0.1, 0.15) is 0 Å². The fraction of sp³-hybridized carbons (Fsp3) is 1.00. The summed E-state index contributed by atoms with van der Waals surface area (Å²) in [6.07, 6.45) is 6.45. The quantitative estimate of drug-likeness (QED) is 0.780. The molecule has 1 saturated carbocycles. The SMILES string of the molecule is CCC1NCCOC12CCC(C(C)C)CC2. The van der Waals surface area contributed by atoms with Crippen LogP contribution in [0.4, 0.5) is 0 Å². The fourth-order valence-corrected chi connectivity index (χ4v) is 3.58. The first-order valence-corrected chi connectivity index (χ1v) is 7.05. The van der Waals surface area contributed by atoms with E-state index in [0.29, 0.717) is 6.04 Å². The molecule has 1 N–H and O–H groups in total. The molecule has 0 aromatic rings. The van der Waals surface area contributed by atoms with Crippen LogP contribution in [0.1, 0.15) is 52.9 Å². The molecule has 0 aromatic heterocycles. The monoisotopic (exact) mass is 225 g/mol. The van der Waals surface area contributed by atoms with Crippen molar-refractivity contribution in [3.05, 3.63) is 0 Å². The minimum atomic E-state index is 0.179. The van der Waals surface area contributed by atoms with E-state index in [1.165, 1.54) is 32.1 Å². The van der Waals surface area contributed by atoms with Gasteiger partial charge in [-0.1, -0.05) is 20.8 Å². The van der Waals surface area contributed by atoms with Crippen molar-refractivity contribution in [3.8, 4) is 0 Å². The number of nitrogens with one attached hydrogen (secondary N) is 1. The molecular weight excluding hydrogens is 198 g/mol. The molecule has 1 aliphatic carbocycles. The maximum Gasteiger partial charge on any atom is 0.0835 e. The summed E-state index contributed by atoms with van der Waals surface area (Å²) in [5.74, 6) is 1.77. The minimum absolute atomic E-state index is 0.179. The van der Waals surface area contributed by atoms with Gasteiger partial charge in [0.15, 0.2) is 0 Å². The molecule has 2 nitrogen and oxygen atoms in total. The van der Waals surface area contributed by atoms with Gasteiger partial charge in [0, 0.05) is 12.6 Å². The molecular formula is C14H27NO. The van der Waals surface area contributed by atoms with Gasteiger partial charge in [-0.05, 0) is 43.9 Å². The average Bonchev–Trinajstić information content (AvgIpc) is 2.30. The second-order valence-corrected chi connectivity index (χ2v) is 5.91. The molecule has 0 bridgehead atoms. The number of hydrogen-bond donors (Lipinski definition) is 1. The Bertz CT molecular complexity index is 219. The summed E-state index contributed by atoms with van der Waals surface area (Å²) in [4.78, 5) is 0. The molecule has 1 aliphatic heterocycles. The maximum atomic E-state index is 6.18. The van der Waals surface area contributed by atoms with Gasteiger partial charge in [-0.2, -0.15) is 0 Å². The lowest BCUT2D eigenvalue weighted by Crippen LogP contribution is -2.59. The Morgan fingerprint density at radius 1 is 1.31 bits per heavy atom. The Hall–Kier alpha value is -0.0800. The van der Waals surface area contributed by atoms with E-state index >= 15 is 0 Å². The molecule has 0 radical (unpaired) electrons. The highest BCUT2D eigenvalue weighted by molar-refractivity contribution is 4.98. The Kier molecular flexibility index (Phi) is 3.91. The van der Waals surface area contributed by atoms with E-state index < -0.39 is 0 Å². The van der Waals surface area contributed by atoms with Gasteiger partial charge in [-0.3, -0.25) is 0 Å².